The van der Waals surface area contributed by atoms with Crippen LogP contribution < -0.4 is 10.7 Å². The number of aromatic nitrogens is 2. The molecule has 5 heterocycles. The number of fused-ring (bicyclic) bond motifs is 6. The number of pyridine rings is 1. The van der Waals surface area contributed by atoms with E-state index in [4.69, 9.17) is 19.2 Å². The van der Waals surface area contributed by atoms with Crippen LogP contribution in [0.4, 0.5) is 4.79 Å². The molecular formula is C50H63N7O8. The molecule has 3 aliphatic heterocycles. The van der Waals surface area contributed by atoms with Gasteiger partial charge < -0.3 is 29.0 Å². The van der Waals surface area contributed by atoms with Gasteiger partial charge >= 0.3 is 12.1 Å². The molecule has 4 atom stereocenters. The molecule has 2 N–H and O–H groups in total. The number of nitrogens with one attached hydrogen (secondary N) is 2. The number of nitrogens with zero attached hydrogens (tertiary/aromatic N) is 5. The van der Waals surface area contributed by atoms with Crippen molar-refractivity contribution in [3.63, 3.8) is 0 Å². The number of rotatable bonds is 10. The van der Waals surface area contributed by atoms with Crippen LogP contribution in [0.3, 0.4) is 0 Å². The van der Waals surface area contributed by atoms with Crippen LogP contribution in [0.5, 0.6) is 0 Å². The Bertz CT molecular complexity index is 2460. The minimum Gasteiger partial charge on any atom is -0.464 e. The standard InChI is InChI=1S/C50H63N7O8/c1-10-42(58)55-27-35(28-55)65-49(62)54(8)44(30(3)4)46(59)52-40-24-32-15-12-16-33(23-32)34-19-20-41-37(25-34)38(45(56(41)11-2)36-17-13-21-51-43(36)31(5)63-9)26-50(6,7)29-64-48(61)39-18-14-22-57(53-39)47(40)60/h10,12-13,15-17,19-21,23,25,30-31,35,39-40,44,53H,1,11,14,18,22,24,26-29H2,2-9H3,(H,52,59)/t31-,39-,40-,44?/m0/s1. The fraction of sp³-hybridized carbons (Fsp3) is 0.480. The van der Waals surface area contributed by atoms with Gasteiger partial charge in [-0.05, 0) is 91.6 Å². The number of esters is 1. The van der Waals surface area contributed by atoms with Gasteiger partial charge in [0.2, 0.25) is 11.8 Å². The Kier molecular flexibility index (Phi) is 14.1. The van der Waals surface area contributed by atoms with Crippen LogP contribution in [0.15, 0.2) is 73.4 Å². The first kappa shape index (κ1) is 46.9. The second-order valence-electron chi connectivity index (χ2n) is 18.6. The minimum absolute atomic E-state index is 0.124. The van der Waals surface area contributed by atoms with Crippen molar-refractivity contribution in [2.24, 2.45) is 11.3 Å². The number of aryl methyl sites for hydroxylation is 1. The summed E-state index contributed by atoms with van der Waals surface area (Å²) >= 11 is 0. The van der Waals surface area contributed by atoms with Crippen LogP contribution >= 0.6 is 0 Å². The van der Waals surface area contributed by atoms with E-state index in [0.717, 1.165) is 50.1 Å². The van der Waals surface area contributed by atoms with Crippen molar-refractivity contribution >= 4 is 40.7 Å². The zero-order valence-corrected chi connectivity index (χ0v) is 38.9. The summed E-state index contributed by atoms with van der Waals surface area (Å²) in [6.45, 7) is 17.1. The third-order valence-electron chi connectivity index (χ3n) is 12.8. The van der Waals surface area contributed by atoms with E-state index in [1.807, 2.05) is 51.1 Å². The summed E-state index contributed by atoms with van der Waals surface area (Å²) in [7, 11) is 3.18. The first-order chi connectivity index (χ1) is 31.0. The Morgan fingerprint density at radius 3 is 2.54 bits per heavy atom. The van der Waals surface area contributed by atoms with Gasteiger partial charge in [0, 0.05) is 61.7 Å². The Morgan fingerprint density at radius 1 is 1.08 bits per heavy atom. The number of carbonyl (C=O) groups is 5. The molecule has 4 aromatic rings. The van der Waals surface area contributed by atoms with Gasteiger partial charge in [0.1, 0.15) is 24.2 Å². The molecule has 6 bridgehead atoms. The maximum Gasteiger partial charge on any atom is 0.410 e. The maximum absolute atomic E-state index is 14.6. The van der Waals surface area contributed by atoms with Gasteiger partial charge in [-0.2, -0.15) is 0 Å². The second-order valence-corrected chi connectivity index (χ2v) is 18.6. The number of hydrogen-bond acceptors (Lipinski definition) is 10. The van der Waals surface area contributed by atoms with Crippen molar-refractivity contribution in [1.82, 2.24) is 35.1 Å². The summed E-state index contributed by atoms with van der Waals surface area (Å²) in [5, 5.41) is 5.49. The van der Waals surface area contributed by atoms with Gasteiger partial charge in [0.15, 0.2) is 0 Å². The highest BCUT2D eigenvalue weighted by Gasteiger charge is 2.40. The molecule has 346 valence electrons. The highest BCUT2D eigenvalue weighted by Crippen LogP contribution is 2.42. The van der Waals surface area contributed by atoms with Gasteiger partial charge in [-0.3, -0.25) is 34.1 Å². The van der Waals surface area contributed by atoms with Gasteiger partial charge in [-0.1, -0.05) is 64.6 Å². The molecule has 4 amide bonds. The molecule has 0 radical (unpaired) electrons. The van der Waals surface area contributed by atoms with E-state index >= 15 is 0 Å². The number of amides is 4. The fourth-order valence-corrected chi connectivity index (χ4v) is 9.33. The van der Waals surface area contributed by atoms with Crippen molar-refractivity contribution in [3.8, 4) is 22.4 Å². The van der Waals surface area contributed by atoms with Crippen LogP contribution in [0.2, 0.25) is 0 Å². The van der Waals surface area contributed by atoms with Crippen LogP contribution in [-0.2, 0) is 52.8 Å². The van der Waals surface area contributed by atoms with E-state index < -0.39 is 53.5 Å². The summed E-state index contributed by atoms with van der Waals surface area (Å²) in [6.07, 6.45) is 3.21. The SMILES string of the molecule is C=CC(=O)N1CC(OC(=O)N(C)C(C(=O)N[C@H]2Cc3cccc(c3)-c3ccc4c(c3)c(c(-c3cccnc3[C@H](C)OC)n4CC)CC(C)(C)COC(=O)[C@@H]3CCCN(N3)C2=O)C(C)C)C1. The summed E-state index contributed by atoms with van der Waals surface area (Å²) < 4.78 is 19.9. The molecule has 7 rings (SSSR count). The molecule has 2 saturated heterocycles. The number of benzene rings is 2. The molecule has 15 nitrogen and oxygen atoms in total. The molecule has 65 heavy (non-hydrogen) atoms. The average Bonchev–Trinajstić information content (AvgIpc) is 3.59. The highest BCUT2D eigenvalue weighted by molar-refractivity contribution is 5.96. The number of carbonyl (C=O) groups excluding carboxylic acids is 5. The van der Waals surface area contributed by atoms with Gasteiger partial charge in [-0.15, -0.1) is 0 Å². The molecule has 15 heteroatoms. The highest BCUT2D eigenvalue weighted by atomic mass is 16.6. The third kappa shape index (κ3) is 9.96. The van der Waals surface area contributed by atoms with Crippen molar-refractivity contribution < 1.29 is 38.2 Å². The number of cyclic esters (lactones) is 1. The van der Waals surface area contributed by atoms with E-state index in [-0.39, 0.29) is 44.0 Å². The van der Waals surface area contributed by atoms with Crippen LogP contribution in [0.25, 0.3) is 33.3 Å². The van der Waals surface area contributed by atoms with E-state index in [0.29, 0.717) is 32.4 Å². The van der Waals surface area contributed by atoms with Crippen molar-refractivity contribution in [2.75, 3.05) is 40.4 Å². The predicted octanol–water partition coefficient (Wildman–Crippen LogP) is 6.24. The van der Waals surface area contributed by atoms with Crippen LogP contribution in [-0.4, -0.2) is 119 Å². The molecule has 3 aliphatic rings. The summed E-state index contributed by atoms with van der Waals surface area (Å²) in [5.74, 6) is -2.03. The number of hydrogen-bond donors (Lipinski definition) is 2. The zero-order valence-electron chi connectivity index (χ0n) is 38.9. The zero-order chi connectivity index (χ0) is 46.7. The van der Waals surface area contributed by atoms with E-state index in [1.165, 1.54) is 27.9 Å². The smallest absolute Gasteiger partial charge is 0.410 e. The van der Waals surface area contributed by atoms with Crippen molar-refractivity contribution in [1.29, 1.82) is 0 Å². The van der Waals surface area contributed by atoms with Crippen LogP contribution in [0.1, 0.15) is 77.3 Å². The van der Waals surface area contributed by atoms with E-state index in [2.05, 4.69) is 66.9 Å². The quantitative estimate of drug-likeness (QED) is 0.138. The first-order valence-electron chi connectivity index (χ1n) is 22.7. The molecular weight excluding hydrogens is 827 g/mol. The van der Waals surface area contributed by atoms with Crippen molar-refractivity contribution in [2.45, 2.75) is 104 Å². The van der Waals surface area contributed by atoms with E-state index in [1.54, 1.807) is 13.3 Å². The Hall–Kier alpha value is -6.06. The third-order valence-corrected chi connectivity index (χ3v) is 12.8. The first-order valence-corrected chi connectivity index (χ1v) is 22.7. The molecule has 2 fully saturated rings. The summed E-state index contributed by atoms with van der Waals surface area (Å²) in [6, 6.07) is 15.6. The molecule has 2 aromatic heterocycles. The molecule has 0 saturated carbocycles. The average molecular weight is 890 g/mol. The normalized spacial score (nSPS) is 20.0. The lowest BCUT2D eigenvalue weighted by atomic mass is 9.84. The molecule has 1 unspecified atom stereocenters. The lowest BCUT2D eigenvalue weighted by Crippen LogP contribution is -2.62. The number of likely N-dealkylation sites (N-methyl/N-ethyl adjacent to an activating group) is 1. The lowest BCUT2D eigenvalue weighted by Gasteiger charge is -2.39. The maximum atomic E-state index is 14.6. The second kappa shape index (κ2) is 19.6. The van der Waals surface area contributed by atoms with Crippen LogP contribution in [0, 0.1) is 11.3 Å². The topological polar surface area (TPSA) is 165 Å². The number of methoxy groups -OCH3 is 1. The van der Waals surface area contributed by atoms with Gasteiger partial charge in [0.25, 0.3) is 5.91 Å². The van der Waals surface area contributed by atoms with Crippen molar-refractivity contribution in [3.05, 3.63) is 90.3 Å². The Labute approximate surface area is 381 Å². The summed E-state index contributed by atoms with van der Waals surface area (Å²) in [5.41, 5.74) is 10.4. The fourth-order valence-electron chi connectivity index (χ4n) is 9.33. The number of ether oxygens (including phenoxy) is 3. The predicted molar refractivity (Wildman–Crippen MR) is 247 cm³/mol. The van der Waals surface area contributed by atoms with E-state index in [9.17, 15) is 24.0 Å². The Balaban J connectivity index is 1.27. The monoisotopic (exact) mass is 889 g/mol. The molecule has 0 spiro atoms. The van der Waals surface area contributed by atoms with Gasteiger partial charge in [0.05, 0.1) is 37.2 Å². The minimum atomic E-state index is -1.08. The largest absolute Gasteiger partial charge is 0.464 e. The molecule has 0 aliphatic carbocycles. The molecule has 2 aromatic carbocycles. The van der Waals surface area contributed by atoms with Gasteiger partial charge in [-0.25, -0.2) is 10.2 Å². The lowest BCUT2D eigenvalue weighted by molar-refractivity contribution is -0.155. The summed E-state index contributed by atoms with van der Waals surface area (Å²) in [4.78, 5) is 75.8. The number of likely N-dealkylation sites (tertiary alicyclic amines) is 1. The Morgan fingerprint density at radius 2 is 1.83 bits per heavy atom. The number of hydrazine groups is 1.